The predicted molar refractivity (Wildman–Crippen MR) is 96.3 cm³/mol. The van der Waals surface area contributed by atoms with Crippen molar-refractivity contribution in [2.75, 3.05) is 0 Å². The van der Waals surface area contributed by atoms with Crippen molar-refractivity contribution in [1.82, 2.24) is 0 Å². The lowest BCUT2D eigenvalue weighted by atomic mass is 9.68. The summed E-state index contributed by atoms with van der Waals surface area (Å²) in [7, 11) is 0. The Kier molecular flexibility index (Phi) is 4.02. The average molecular weight is 324 g/mol. The van der Waals surface area contributed by atoms with Gasteiger partial charge in [-0.25, -0.2) is 0 Å². The molecule has 0 heterocycles. The van der Waals surface area contributed by atoms with Crippen LogP contribution in [-0.2, 0) is 4.79 Å². The average Bonchev–Trinajstić information content (AvgIpc) is 2.87. The topological polar surface area (TPSA) is 37.3 Å². The second kappa shape index (κ2) is 6.06. The minimum Gasteiger partial charge on any atom is -0.481 e. The molecule has 0 aromatic rings. The molecule has 0 saturated heterocycles. The first-order valence-electron chi connectivity index (χ1n) is 9.62. The van der Waals surface area contributed by atoms with E-state index < -0.39 is 5.97 Å². The Hall–Kier alpha value is -1.57. The number of aliphatic carboxylic acids is 1. The molecule has 0 spiro atoms. The van der Waals surface area contributed by atoms with Gasteiger partial charge in [0.15, 0.2) is 0 Å². The number of hydrogen-bond acceptors (Lipinski definition) is 1. The van der Waals surface area contributed by atoms with Crippen LogP contribution in [0.2, 0.25) is 0 Å². The Morgan fingerprint density at radius 1 is 1.29 bits per heavy atom. The second-order valence-electron chi connectivity index (χ2n) is 8.02. The van der Waals surface area contributed by atoms with E-state index in [1.807, 2.05) is 12.2 Å². The third-order valence-corrected chi connectivity index (χ3v) is 7.10. The van der Waals surface area contributed by atoms with Gasteiger partial charge in [0.25, 0.3) is 0 Å². The van der Waals surface area contributed by atoms with Crippen LogP contribution in [0.3, 0.4) is 0 Å². The molecule has 7 atom stereocenters. The fourth-order valence-corrected chi connectivity index (χ4v) is 6.36. The number of unbranched alkanes of at least 4 members (excludes halogenated alkanes) is 1. The highest BCUT2D eigenvalue weighted by Gasteiger charge is 2.82. The van der Waals surface area contributed by atoms with E-state index in [1.165, 1.54) is 6.42 Å². The first-order valence-corrected chi connectivity index (χ1v) is 9.62. The number of rotatable bonds is 9. The van der Waals surface area contributed by atoms with Crippen molar-refractivity contribution < 1.29 is 9.90 Å². The van der Waals surface area contributed by atoms with Gasteiger partial charge in [0.05, 0.1) is 5.92 Å². The maximum absolute atomic E-state index is 12.0. The van der Waals surface area contributed by atoms with Gasteiger partial charge in [-0.3, -0.25) is 4.79 Å². The summed E-state index contributed by atoms with van der Waals surface area (Å²) in [5.41, 5.74) is 0.0282. The van der Waals surface area contributed by atoms with Crippen LogP contribution in [0.1, 0.15) is 39.0 Å². The van der Waals surface area contributed by atoms with E-state index in [2.05, 4.69) is 43.4 Å². The van der Waals surface area contributed by atoms with Crippen molar-refractivity contribution >= 4 is 5.97 Å². The molecule has 5 aliphatic rings. The molecular formula is C22H28O2. The number of carboxylic acids is 1. The van der Waals surface area contributed by atoms with Crippen molar-refractivity contribution in [2.24, 2.45) is 40.9 Å². The fourth-order valence-electron chi connectivity index (χ4n) is 6.36. The summed E-state index contributed by atoms with van der Waals surface area (Å²) in [6.07, 6.45) is 22.3. The summed E-state index contributed by atoms with van der Waals surface area (Å²) in [5, 5.41) is 9.87. The van der Waals surface area contributed by atoms with E-state index in [4.69, 9.17) is 0 Å². The first kappa shape index (κ1) is 15.9. The van der Waals surface area contributed by atoms with E-state index in [0.29, 0.717) is 11.8 Å². The summed E-state index contributed by atoms with van der Waals surface area (Å²) in [6, 6.07) is 0. The van der Waals surface area contributed by atoms with Crippen molar-refractivity contribution in [2.45, 2.75) is 39.0 Å². The van der Waals surface area contributed by atoms with Crippen LogP contribution in [0.15, 0.2) is 48.6 Å². The van der Waals surface area contributed by atoms with Crippen LogP contribution in [0.5, 0.6) is 0 Å². The molecule has 4 fully saturated rings. The molecule has 0 aromatic heterocycles. The second-order valence-corrected chi connectivity index (χ2v) is 8.02. The normalized spacial score (nSPS) is 42.1. The van der Waals surface area contributed by atoms with Gasteiger partial charge < -0.3 is 5.11 Å². The van der Waals surface area contributed by atoms with Crippen LogP contribution in [0.4, 0.5) is 0 Å². The molecule has 0 aromatic carbocycles. The zero-order valence-electron chi connectivity index (χ0n) is 14.5. The number of carboxylic acid groups (broad SMARTS) is 1. The fraction of sp³-hybridized carbons (Fsp3) is 0.591. The number of carbonyl (C=O) groups is 1. The molecular weight excluding hydrogens is 296 g/mol. The monoisotopic (exact) mass is 324 g/mol. The maximum Gasteiger partial charge on any atom is 0.307 e. The standard InChI is InChI=1S/C22H28O2/c1-2-3-4-5-6-7-8-9-10-11-17(21(23)24)22-13-12-15-18(22)14-16-19(15)20(16)22/h3-8,12-13,15-20H,2,9-11,14H2,1H3,(H,23,24)/b4-3+,6-5+,8-7+/t15-,16+,17+,18-,19-,20+,22-/m0/s1. The zero-order chi connectivity index (χ0) is 16.7. The van der Waals surface area contributed by atoms with E-state index >= 15 is 0 Å². The highest BCUT2D eigenvalue weighted by Crippen LogP contribution is 2.85. The molecule has 128 valence electrons. The molecule has 0 aliphatic heterocycles. The Morgan fingerprint density at radius 3 is 2.71 bits per heavy atom. The largest absolute Gasteiger partial charge is 0.481 e. The van der Waals surface area contributed by atoms with Gasteiger partial charge >= 0.3 is 5.97 Å². The number of hydrogen-bond donors (Lipinski definition) is 1. The van der Waals surface area contributed by atoms with Gasteiger partial charge in [-0.15, -0.1) is 0 Å². The summed E-state index contributed by atoms with van der Waals surface area (Å²) in [5.74, 6) is 3.07. The summed E-state index contributed by atoms with van der Waals surface area (Å²) in [4.78, 5) is 12.0. The van der Waals surface area contributed by atoms with Crippen molar-refractivity contribution in [3.8, 4) is 0 Å². The number of allylic oxidation sites excluding steroid dienone is 8. The van der Waals surface area contributed by atoms with E-state index in [0.717, 1.165) is 43.4 Å². The van der Waals surface area contributed by atoms with Gasteiger partial charge in [-0.2, -0.15) is 0 Å². The van der Waals surface area contributed by atoms with Gasteiger partial charge in [0.2, 0.25) is 0 Å². The minimum absolute atomic E-state index is 0.0282. The van der Waals surface area contributed by atoms with Gasteiger partial charge in [0, 0.05) is 5.41 Å². The van der Waals surface area contributed by atoms with Crippen LogP contribution in [-0.4, -0.2) is 11.1 Å². The molecule has 4 saturated carbocycles. The summed E-state index contributed by atoms with van der Waals surface area (Å²) < 4.78 is 0. The molecule has 1 N–H and O–H groups in total. The maximum atomic E-state index is 12.0. The van der Waals surface area contributed by atoms with Gasteiger partial charge in [0.1, 0.15) is 0 Å². The van der Waals surface area contributed by atoms with Crippen molar-refractivity contribution in [3.63, 3.8) is 0 Å². The minimum atomic E-state index is -0.563. The molecule has 0 radical (unpaired) electrons. The SMILES string of the molecule is CC/C=C/C=C/C=C/CCC[C@H](C(=O)O)[C@@]12C=C[C@@H]3[C@H]4[C@@H](C[C@@H]31)[C@H]42. The molecule has 24 heavy (non-hydrogen) atoms. The smallest absolute Gasteiger partial charge is 0.307 e. The van der Waals surface area contributed by atoms with Crippen LogP contribution in [0.25, 0.3) is 0 Å². The summed E-state index contributed by atoms with van der Waals surface area (Å²) in [6.45, 7) is 2.12. The molecule has 2 heteroatoms. The molecule has 0 unspecified atom stereocenters. The molecule has 6 bridgehead atoms. The lowest BCUT2D eigenvalue weighted by Crippen LogP contribution is -2.37. The first-order chi connectivity index (χ1) is 11.7. The Morgan fingerprint density at radius 2 is 2.08 bits per heavy atom. The van der Waals surface area contributed by atoms with E-state index in [1.54, 1.807) is 0 Å². The van der Waals surface area contributed by atoms with Crippen LogP contribution < -0.4 is 0 Å². The Labute approximate surface area is 145 Å². The van der Waals surface area contributed by atoms with E-state index in [-0.39, 0.29) is 11.3 Å². The van der Waals surface area contributed by atoms with Crippen molar-refractivity contribution in [3.05, 3.63) is 48.6 Å². The van der Waals surface area contributed by atoms with E-state index in [9.17, 15) is 9.90 Å². The predicted octanol–water partition coefficient (Wildman–Crippen LogP) is 5.00. The molecule has 5 rings (SSSR count). The highest BCUT2D eigenvalue weighted by atomic mass is 16.4. The zero-order valence-corrected chi connectivity index (χ0v) is 14.5. The highest BCUT2D eigenvalue weighted by molar-refractivity contribution is 5.73. The van der Waals surface area contributed by atoms with Gasteiger partial charge in [-0.05, 0) is 61.7 Å². The molecule has 2 nitrogen and oxygen atoms in total. The molecule has 0 amide bonds. The summed E-state index contributed by atoms with van der Waals surface area (Å²) >= 11 is 0. The third-order valence-electron chi connectivity index (χ3n) is 7.10. The Balaban J connectivity index is 1.31. The lowest BCUT2D eigenvalue weighted by molar-refractivity contribution is -0.146. The Bertz CT molecular complexity index is 626. The quantitative estimate of drug-likeness (QED) is 0.368. The van der Waals surface area contributed by atoms with Crippen molar-refractivity contribution in [1.29, 1.82) is 0 Å². The lowest BCUT2D eigenvalue weighted by Gasteiger charge is -2.34. The van der Waals surface area contributed by atoms with Gasteiger partial charge in [-0.1, -0.05) is 55.5 Å². The molecule has 5 aliphatic carbocycles. The van der Waals surface area contributed by atoms with Crippen LogP contribution >= 0.6 is 0 Å². The van der Waals surface area contributed by atoms with Crippen LogP contribution in [0, 0.1) is 40.9 Å². The third kappa shape index (κ3) is 2.18.